The minimum atomic E-state index is -1.01. The van der Waals surface area contributed by atoms with Crippen LogP contribution in [0.5, 0.6) is 5.75 Å². The predicted molar refractivity (Wildman–Crippen MR) is 57.5 cm³/mol. The Kier molecular flexibility index (Phi) is 3.77. The smallest absolute Gasteiger partial charge is 0.322 e. The number of nitrogens with zero attached hydrogens (tertiary/aromatic N) is 1. The molecule has 0 aliphatic carbocycles. The largest absolute Gasteiger partial charge is 0.506 e. The monoisotopic (exact) mass is 277 g/mol. The van der Waals surface area contributed by atoms with Crippen LogP contribution in [0.2, 0.25) is 0 Å². The number of thioether (sulfide) groups is 1. The predicted octanol–water partition coefficient (Wildman–Crippen LogP) is 2.04. The van der Waals surface area contributed by atoms with E-state index in [0.29, 0.717) is 4.47 Å². The quantitative estimate of drug-likeness (QED) is 0.885. The van der Waals surface area contributed by atoms with Gasteiger partial charge in [0.05, 0.1) is 0 Å². The van der Waals surface area contributed by atoms with Gasteiger partial charge in [0.1, 0.15) is 16.7 Å². The molecule has 1 rings (SSSR count). The second kappa shape index (κ2) is 4.65. The maximum atomic E-state index is 10.8. The first kappa shape index (κ1) is 11.3. The summed E-state index contributed by atoms with van der Waals surface area (Å²) in [6.07, 6.45) is 3.11. The molecule has 0 saturated heterocycles. The third-order valence-electron chi connectivity index (χ3n) is 1.57. The lowest BCUT2D eigenvalue weighted by molar-refractivity contribution is -0.136. The SMILES string of the molecule is CSC(C(=O)O)c1ncc(Br)cc1O. The summed E-state index contributed by atoms with van der Waals surface area (Å²) in [5, 5.41) is 17.5. The van der Waals surface area contributed by atoms with Crippen LogP contribution in [0.4, 0.5) is 0 Å². The average molecular weight is 278 g/mol. The summed E-state index contributed by atoms with van der Waals surface area (Å²) in [5.74, 6) is -1.12. The molecule has 1 aromatic heterocycles. The van der Waals surface area contributed by atoms with Crippen LogP contribution in [0.1, 0.15) is 10.9 Å². The van der Waals surface area contributed by atoms with Crippen molar-refractivity contribution in [3.05, 3.63) is 22.4 Å². The van der Waals surface area contributed by atoms with Crippen molar-refractivity contribution in [1.82, 2.24) is 4.98 Å². The third kappa shape index (κ3) is 2.39. The van der Waals surface area contributed by atoms with Crippen LogP contribution in [0.3, 0.4) is 0 Å². The van der Waals surface area contributed by atoms with Gasteiger partial charge in [0, 0.05) is 10.7 Å². The number of carbonyl (C=O) groups is 1. The summed E-state index contributed by atoms with van der Waals surface area (Å²) < 4.78 is 0.615. The first-order chi connectivity index (χ1) is 6.56. The van der Waals surface area contributed by atoms with E-state index in [9.17, 15) is 9.90 Å². The Labute approximate surface area is 93.5 Å². The fourth-order valence-electron chi connectivity index (χ4n) is 0.971. The van der Waals surface area contributed by atoms with Crippen LogP contribution < -0.4 is 0 Å². The Balaban J connectivity index is 3.10. The minimum absolute atomic E-state index is 0.110. The molecule has 0 saturated carbocycles. The summed E-state index contributed by atoms with van der Waals surface area (Å²) in [6, 6.07) is 1.43. The van der Waals surface area contributed by atoms with Crippen molar-refractivity contribution in [3.63, 3.8) is 0 Å². The van der Waals surface area contributed by atoms with Crippen LogP contribution in [-0.4, -0.2) is 27.4 Å². The van der Waals surface area contributed by atoms with E-state index in [0.717, 1.165) is 11.8 Å². The number of aromatic nitrogens is 1. The Bertz CT molecular complexity index is 358. The van der Waals surface area contributed by atoms with Crippen LogP contribution in [0.15, 0.2) is 16.7 Å². The van der Waals surface area contributed by atoms with E-state index in [1.807, 2.05) is 0 Å². The molecule has 14 heavy (non-hydrogen) atoms. The second-order valence-corrected chi connectivity index (χ2v) is 4.37. The molecule has 0 aliphatic heterocycles. The van der Waals surface area contributed by atoms with Crippen molar-refractivity contribution >= 4 is 33.7 Å². The van der Waals surface area contributed by atoms with Crippen molar-refractivity contribution in [1.29, 1.82) is 0 Å². The van der Waals surface area contributed by atoms with E-state index < -0.39 is 11.2 Å². The van der Waals surface area contributed by atoms with Gasteiger partial charge in [-0.3, -0.25) is 9.78 Å². The van der Waals surface area contributed by atoms with E-state index in [4.69, 9.17) is 5.11 Å². The molecular weight excluding hydrogens is 270 g/mol. The van der Waals surface area contributed by atoms with Crippen molar-refractivity contribution in [3.8, 4) is 5.75 Å². The van der Waals surface area contributed by atoms with Gasteiger partial charge >= 0.3 is 5.97 Å². The molecule has 76 valence electrons. The Morgan fingerprint density at radius 1 is 1.71 bits per heavy atom. The molecule has 0 aromatic carbocycles. The number of pyridine rings is 1. The van der Waals surface area contributed by atoms with Gasteiger partial charge in [-0.25, -0.2) is 0 Å². The summed E-state index contributed by atoms with van der Waals surface area (Å²) in [7, 11) is 0. The number of rotatable bonds is 3. The van der Waals surface area contributed by atoms with E-state index in [1.54, 1.807) is 6.26 Å². The highest BCUT2D eigenvalue weighted by Crippen LogP contribution is 2.32. The van der Waals surface area contributed by atoms with E-state index in [1.165, 1.54) is 12.3 Å². The summed E-state index contributed by atoms with van der Waals surface area (Å²) in [4.78, 5) is 14.7. The maximum Gasteiger partial charge on any atom is 0.322 e. The molecular formula is C8H8BrNO3S. The molecule has 2 N–H and O–H groups in total. The zero-order valence-corrected chi connectivity index (χ0v) is 9.67. The summed E-state index contributed by atoms with van der Waals surface area (Å²) >= 11 is 4.24. The van der Waals surface area contributed by atoms with Crippen molar-refractivity contribution in [2.24, 2.45) is 0 Å². The van der Waals surface area contributed by atoms with Crippen molar-refractivity contribution in [2.75, 3.05) is 6.26 Å². The average Bonchev–Trinajstić information content (AvgIpc) is 2.09. The first-order valence-corrected chi connectivity index (χ1v) is 5.74. The van der Waals surface area contributed by atoms with Gasteiger partial charge in [0.2, 0.25) is 0 Å². The fourth-order valence-corrected chi connectivity index (χ4v) is 1.90. The van der Waals surface area contributed by atoms with Crippen LogP contribution in [0.25, 0.3) is 0 Å². The Morgan fingerprint density at radius 3 is 2.79 bits per heavy atom. The van der Waals surface area contributed by atoms with E-state index in [-0.39, 0.29) is 11.4 Å². The van der Waals surface area contributed by atoms with Gasteiger partial charge in [-0.05, 0) is 28.3 Å². The number of carboxylic acid groups (broad SMARTS) is 1. The number of carboxylic acids is 1. The highest BCUT2D eigenvalue weighted by molar-refractivity contribution is 9.10. The zero-order valence-electron chi connectivity index (χ0n) is 7.27. The number of aliphatic carboxylic acids is 1. The lowest BCUT2D eigenvalue weighted by atomic mass is 10.2. The molecule has 6 heteroatoms. The fraction of sp³-hybridized carbons (Fsp3) is 0.250. The molecule has 1 heterocycles. The van der Waals surface area contributed by atoms with Gasteiger partial charge in [-0.15, -0.1) is 11.8 Å². The lowest BCUT2D eigenvalue weighted by Gasteiger charge is -2.10. The molecule has 0 radical (unpaired) electrons. The van der Waals surface area contributed by atoms with Gasteiger partial charge in [0.25, 0.3) is 0 Å². The number of hydrogen-bond donors (Lipinski definition) is 2. The van der Waals surface area contributed by atoms with Crippen molar-refractivity contribution in [2.45, 2.75) is 5.25 Å². The Hall–Kier alpha value is -0.750. The molecule has 0 aliphatic rings. The van der Waals surface area contributed by atoms with Gasteiger partial charge in [0.15, 0.2) is 0 Å². The van der Waals surface area contributed by atoms with Crippen LogP contribution in [0, 0.1) is 0 Å². The topological polar surface area (TPSA) is 70.4 Å². The molecule has 0 fully saturated rings. The van der Waals surface area contributed by atoms with Crippen molar-refractivity contribution < 1.29 is 15.0 Å². The van der Waals surface area contributed by atoms with E-state index in [2.05, 4.69) is 20.9 Å². The highest BCUT2D eigenvalue weighted by Gasteiger charge is 2.23. The standard InChI is InChI=1S/C8H8BrNO3S/c1-14-7(8(12)13)6-5(11)2-4(9)3-10-6/h2-3,7,11H,1H3,(H,12,13). The summed E-state index contributed by atoms with van der Waals surface area (Å²) in [5.41, 5.74) is 0.174. The normalized spacial score (nSPS) is 12.4. The number of hydrogen-bond acceptors (Lipinski definition) is 4. The van der Waals surface area contributed by atoms with Gasteiger partial charge in [-0.2, -0.15) is 0 Å². The zero-order chi connectivity index (χ0) is 10.7. The number of aromatic hydroxyl groups is 1. The molecule has 0 amide bonds. The van der Waals surface area contributed by atoms with Gasteiger partial charge < -0.3 is 10.2 Å². The first-order valence-electron chi connectivity index (χ1n) is 3.66. The molecule has 1 aromatic rings. The lowest BCUT2D eigenvalue weighted by Crippen LogP contribution is -2.09. The van der Waals surface area contributed by atoms with E-state index >= 15 is 0 Å². The molecule has 0 spiro atoms. The molecule has 1 atom stereocenters. The second-order valence-electron chi connectivity index (χ2n) is 2.51. The molecule has 0 bridgehead atoms. The van der Waals surface area contributed by atoms with Gasteiger partial charge in [-0.1, -0.05) is 0 Å². The Morgan fingerprint density at radius 2 is 2.36 bits per heavy atom. The highest BCUT2D eigenvalue weighted by atomic mass is 79.9. The summed E-state index contributed by atoms with van der Waals surface area (Å²) in [6.45, 7) is 0. The third-order valence-corrected chi connectivity index (χ3v) is 2.90. The minimum Gasteiger partial charge on any atom is -0.506 e. The molecule has 4 nitrogen and oxygen atoms in total. The maximum absolute atomic E-state index is 10.8. The van der Waals surface area contributed by atoms with Crippen LogP contribution in [-0.2, 0) is 4.79 Å². The van der Waals surface area contributed by atoms with Crippen LogP contribution >= 0.6 is 27.7 Å². The number of halogens is 1. The molecule has 1 unspecified atom stereocenters.